The van der Waals surface area contributed by atoms with Crippen LogP contribution in [0.4, 0.5) is 5.13 Å². The Bertz CT molecular complexity index is 1780. The van der Waals surface area contributed by atoms with E-state index in [9.17, 15) is 19.5 Å². The van der Waals surface area contributed by atoms with Crippen LogP contribution in [0, 0.1) is 13.8 Å². The minimum absolute atomic E-state index is 0.00542. The maximum absolute atomic E-state index is 13.7. The highest BCUT2D eigenvalue weighted by Gasteiger charge is 2.48. The van der Waals surface area contributed by atoms with E-state index in [1.54, 1.807) is 49.4 Å². The van der Waals surface area contributed by atoms with Gasteiger partial charge in [0.2, 0.25) is 0 Å². The Morgan fingerprint density at radius 2 is 1.76 bits per heavy atom. The first-order chi connectivity index (χ1) is 21.7. The summed E-state index contributed by atoms with van der Waals surface area (Å²) in [7, 11) is 0. The number of hydrogen-bond donors (Lipinski definition) is 1. The van der Waals surface area contributed by atoms with Crippen molar-refractivity contribution in [2.45, 2.75) is 33.4 Å². The molecule has 4 aromatic rings. The van der Waals surface area contributed by atoms with Crippen LogP contribution in [-0.2, 0) is 20.9 Å². The van der Waals surface area contributed by atoms with Crippen LogP contribution in [0.5, 0.6) is 11.5 Å². The number of hydrogen-bond acceptors (Lipinski definition) is 9. The predicted molar refractivity (Wildman–Crippen MR) is 172 cm³/mol. The third-order valence-electron chi connectivity index (χ3n) is 7.10. The SMILES string of the molecule is C=CCOC(=O)c1sc(N2C(=O)C(=O)/C(=C(/O)c3ccc(C)cc3)C2c2ccc(OCc3ccccc3)c(OCC)c2)nc1C. The highest BCUT2D eigenvalue weighted by atomic mass is 32.1. The second-order valence-electron chi connectivity index (χ2n) is 10.2. The molecule has 1 fully saturated rings. The molecule has 1 atom stereocenters. The number of ketones is 1. The number of aliphatic hydroxyl groups excluding tert-OH is 1. The zero-order valence-corrected chi connectivity index (χ0v) is 25.9. The molecule has 1 amide bonds. The molecule has 10 heteroatoms. The highest BCUT2D eigenvalue weighted by molar-refractivity contribution is 7.17. The number of aliphatic hydroxyl groups is 1. The number of anilines is 1. The summed E-state index contributed by atoms with van der Waals surface area (Å²) in [6.45, 7) is 9.55. The topological polar surface area (TPSA) is 115 Å². The number of rotatable bonds is 11. The van der Waals surface area contributed by atoms with Gasteiger partial charge in [0.15, 0.2) is 16.6 Å². The monoisotopic (exact) mass is 624 g/mol. The van der Waals surface area contributed by atoms with Crippen molar-refractivity contribution in [3.8, 4) is 11.5 Å². The van der Waals surface area contributed by atoms with Crippen LogP contribution >= 0.6 is 11.3 Å². The van der Waals surface area contributed by atoms with Gasteiger partial charge in [0, 0.05) is 5.56 Å². The number of ether oxygens (including phenoxy) is 3. The first-order valence-electron chi connectivity index (χ1n) is 14.3. The van der Waals surface area contributed by atoms with E-state index in [1.165, 1.54) is 11.0 Å². The fourth-order valence-corrected chi connectivity index (χ4v) is 5.89. The Hall–Kier alpha value is -5.22. The van der Waals surface area contributed by atoms with Gasteiger partial charge in [-0.2, -0.15) is 0 Å². The number of esters is 1. The zero-order chi connectivity index (χ0) is 32.1. The molecule has 9 nitrogen and oxygen atoms in total. The smallest absolute Gasteiger partial charge is 0.350 e. The number of benzene rings is 3. The van der Waals surface area contributed by atoms with Gasteiger partial charge in [-0.1, -0.05) is 90.2 Å². The molecule has 0 aliphatic carbocycles. The maximum atomic E-state index is 13.7. The van der Waals surface area contributed by atoms with Gasteiger partial charge in [-0.25, -0.2) is 9.78 Å². The summed E-state index contributed by atoms with van der Waals surface area (Å²) in [5.41, 5.74) is 3.00. The van der Waals surface area contributed by atoms with Crippen LogP contribution in [0.2, 0.25) is 0 Å². The predicted octanol–water partition coefficient (Wildman–Crippen LogP) is 6.71. The van der Waals surface area contributed by atoms with Gasteiger partial charge in [-0.3, -0.25) is 14.5 Å². The van der Waals surface area contributed by atoms with Crippen molar-refractivity contribution >= 4 is 39.9 Å². The van der Waals surface area contributed by atoms with E-state index >= 15 is 0 Å². The molecule has 1 N–H and O–H groups in total. The molecule has 0 bridgehead atoms. The normalized spacial score (nSPS) is 15.6. The van der Waals surface area contributed by atoms with E-state index in [4.69, 9.17) is 14.2 Å². The minimum Gasteiger partial charge on any atom is -0.507 e. The summed E-state index contributed by atoms with van der Waals surface area (Å²) in [5.74, 6) is -1.86. The average molecular weight is 625 g/mol. The zero-order valence-electron chi connectivity index (χ0n) is 25.1. The van der Waals surface area contributed by atoms with Crippen LogP contribution in [0.25, 0.3) is 5.76 Å². The Kier molecular flexibility index (Phi) is 9.44. The van der Waals surface area contributed by atoms with Gasteiger partial charge < -0.3 is 19.3 Å². The second-order valence-corrected chi connectivity index (χ2v) is 11.2. The molecule has 1 aromatic heterocycles. The van der Waals surface area contributed by atoms with Crippen molar-refractivity contribution < 1.29 is 33.7 Å². The molecular formula is C35H32N2O7S. The number of Topliss-reactive ketones (excluding diaryl/α,β-unsaturated/α-hetero) is 1. The summed E-state index contributed by atoms with van der Waals surface area (Å²) in [6.07, 6.45) is 1.45. The number of thiazole rings is 1. The summed E-state index contributed by atoms with van der Waals surface area (Å²) in [6, 6.07) is 20.7. The van der Waals surface area contributed by atoms with E-state index in [0.717, 1.165) is 22.5 Å². The number of carbonyl (C=O) groups excluding carboxylic acids is 3. The minimum atomic E-state index is -1.09. The highest BCUT2D eigenvalue weighted by Crippen LogP contribution is 2.45. The van der Waals surface area contributed by atoms with Gasteiger partial charge in [-0.15, -0.1) is 0 Å². The molecule has 230 valence electrons. The van der Waals surface area contributed by atoms with Crippen LogP contribution < -0.4 is 14.4 Å². The number of aryl methyl sites for hydroxylation is 2. The number of nitrogens with zero attached hydrogens (tertiary/aromatic N) is 2. The lowest BCUT2D eigenvalue weighted by atomic mass is 9.95. The van der Waals surface area contributed by atoms with Gasteiger partial charge in [0.25, 0.3) is 5.78 Å². The Morgan fingerprint density at radius 1 is 1.02 bits per heavy atom. The molecule has 0 saturated carbocycles. The molecule has 0 radical (unpaired) electrons. The molecule has 1 aliphatic heterocycles. The van der Waals surface area contributed by atoms with E-state index < -0.39 is 23.7 Å². The Morgan fingerprint density at radius 3 is 2.44 bits per heavy atom. The summed E-state index contributed by atoms with van der Waals surface area (Å²) in [4.78, 5) is 46.0. The molecule has 2 heterocycles. The van der Waals surface area contributed by atoms with Crippen LogP contribution in [0.15, 0.2) is 91.0 Å². The first kappa shape index (κ1) is 31.2. The van der Waals surface area contributed by atoms with Gasteiger partial charge in [0.05, 0.1) is 23.9 Å². The van der Waals surface area contributed by atoms with E-state index in [0.29, 0.717) is 41.5 Å². The lowest BCUT2D eigenvalue weighted by Gasteiger charge is -2.24. The van der Waals surface area contributed by atoms with E-state index in [-0.39, 0.29) is 27.9 Å². The van der Waals surface area contributed by atoms with Crippen LogP contribution in [0.1, 0.15) is 50.6 Å². The van der Waals surface area contributed by atoms with Crippen molar-refractivity contribution in [2.75, 3.05) is 18.1 Å². The lowest BCUT2D eigenvalue weighted by molar-refractivity contribution is -0.132. The number of aromatic nitrogens is 1. The molecule has 45 heavy (non-hydrogen) atoms. The number of amides is 1. The molecule has 5 rings (SSSR count). The quantitative estimate of drug-likeness (QED) is 0.0644. The number of carbonyl (C=O) groups is 3. The second kappa shape index (κ2) is 13.6. The van der Waals surface area contributed by atoms with Crippen molar-refractivity contribution in [2.24, 2.45) is 0 Å². The fourth-order valence-electron chi connectivity index (χ4n) is 4.90. The molecule has 3 aromatic carbocycles. The average Bonchev–Trinajstić information content (AvgIpc) is 3.55. The molecule has 1 unspecified atom stereocenters. The molecule has 0 spiro atoms. The summed E-state index contributed by atoms with van der Waals surface area (Å²) >= 11 is 0.927. The van der Waals surface area contributed by atoms with Crippen molar-refractivity contribution in [1.29, 1.82) is 0 Å². The lowest BCUT2D eigenvalue weighted by Crippen LogP contribution is -2.29. The molecular weight excluding hydrogens is 592 g/mol. The molecule has 1 aliphatic rings. The maximum Gasteiger partial charge on any atom is 0.350 e. The standard InChI is InChI=1S/C35H32N2O7S/c1-5-18-43-34(41)32-22(4)36-35(45-32)37-29(28(31(39)33(37)40)30(38)24-14-12-21(3)13-15-24)25-16-17-26(27(19-25)42-6-2)44-20-23-10-8-7-9-11-23/h5,7-17,19,29,38H,1,6,18,20H2,2-4H3/b30-28+. The van der Waals surface area contributed by atoms with Crippen molar-refractivity contribution in [3.05, 3.63) is 124 Å². The van der Waals surface area contributed by atoms with Crippen molar-refractivity contribution in [3.63, 3.8) is 0 Å². The third kappa shape index (κ3) is 6.51. The first-order valence-corrected chi connectivity index (χ1v) is 15.1. The third-order valence-corrected chi connectivity index (χ3v) is 8.24. The van der Waals surface area contributed by atoms with Crippen LogP contribution in [0.3, 0.4) is 0 Å². The van der Waals surface area contributed by atoms with Gasteiger partial charge in [-0.05, 0) is 44.0 Å². The van der Waals surface area contributed by atoms with Crippen molar-refractivity contribution in [1.82, 2.24) is 4.98 Å². The Labute approximate surface area is 265 Å². The van der Waals surface area contributed by atoms with Gasteiger partial charge >= 0.3 is 11.9 Å². The summed E-state index contributed by atoms with van der Waals surface area (Å²) in [5, 5.41) is 11.6. The van der Waals surface area contributed by atoms with E-state index in [2.05, 4.69) is 11.6 Å². The molecule has 1 saturated heterocycles. The fraction of sp³-hybridized carbons (Fsp3) is 0.200. The Balaban J connectivity index is 1.63. The van der Waals surface area contributed by atoms with E-state index in [1.807, 2.05) is 44.2 Å². The summed E-state index contributed by atoms with van der Waals surface area (Å²) < 4.78 is 17.2. The van der Waals surface area contributed by atoms with Gasteiger partial charge in [0.1, 0.15) is 23.9 Å². The van der Waals surface area contributed by atoms with Crippen LogP contribution in [-0.4, -0.2) is 41.0 Å². The largest absolute Gasteiger partial charge is 0.507 e.